The summed E-state index contributed by atoms with van der Waals surface area (Å²) in [5.74, 6) is 0.101. The van der Waals surface area contributed by atoms with Crippen molar-refractivity contribution in [2.24, 2.45) is 0 Å². The van der Waals surface area contributed by atoms with Crippen molar-refractivity contribution in [3.8, 4) is 18.2 Å². The lowest BCUT2D eigenvalue weighted by Crippen LogP contribution is -1.82. The molecule has 0 unspecified atom stereocenters. The average Bonchev–Trinajstić information content (AvgIpc) is 2.71. The van der Waals surface area contributed by atoms with Crippen molar-refractivity contribution in [3.63, 3.8) is 0 Å². The van der Waals surface area contributed by atoms with Crippen LogP contribution >= 0.6 is 0 Å². The van der Waals surface area contributed by atoms with Gasteiger partial charge in [-0.05, 0) is 12.1 Å². The first-order chi connectivity index (χ1) is 7.30. The lowest BCUT2D eigenvalue weighted by molar-refractivity contribution is 1.25. The summed E-state index contributed by atoms with van der Waals surface area (Å²) < 4.78 is 0. The summed E-state index contributed by atoms with van der Waals surface area (Å²) in [6, 6.07) is 8.80. The van der Waals surface area contributed by atoms with Gasteiger partial charge in [0.2, 0.25) is 5.82 Å². The van der Waals surface area contributed by atoms with Crippen LogP contribution in [0.3, 0.4) is 0 Å². The average molecular weight is 193 g/mol. The number of hydrogen-bond acceptors (Lipinski definition) is 4. The Bertz CT molecular complexity index is 609. The van der Waals surface area contributed by atoms with Crippen LogP contribution in [0.4, 0.5) is 0 Å². The Morgan fingerprint density at radius 2 is 1.67 bits per heavy atom. The van der Waals surface area contributed by atoms with E-state index in [-0.39, 0.29) is 5.82 Å². The second-order valence-corrected chi connectivity index (χ2v) is 2.81. The maximum absolute atomic E-state index is 8.82. The largest absolute Gasteiger partial charge is 0.328 e. The zero-order chi connectivity index (χ0) is 10.8. The van der Waals surface area contributed by atoms with Crippen LogP contribution in [-0.4, -0.2) is 9.97 Å². The van der Waals surface area contributed by atoms with Crippen molar-refractivity contribution in [2.45, 2.75) is 0 Å². The third-order valence-corrected chi connectivity index (χ3v) is 1.99. The van der Waals surface area contributed by atoms with Crippen molar-refractivity contribution in [1.29, 1.82) is 15.8 Å². The van der Waals surface area contributed by atoms with E-state index in [4.69, 9.17) is 15.8 Å². The number of imidazole rings is 1. The Morgan fingerprint density at radius 3 is 2.27 bits per heavy atom. The minimum Gasteiger partial charge on any atom is -0.328 e. The van der Waals surface area contributed by atoms with Gasteiger partial charge < -0.3 is 4.98 Å². The van der Waals surface area contributed by atoms with Gasteiger partial charge in [-0.3, -0.25) is 0 Å². The van der Waals surface area contributed by atoms with Gasteiger partial charge in [0, 0.05) is 0 Å². The first-order valence-electron chi connectivity index (χ1n) is 4.03. The summed E-state index contributed by atoms with van der Waals surface area (Å²) in [5.41, 5.74) is 1.53. The van der Waals surface area contributed by atoms with Crippen LogP contribution in [0.5, 0.6) is 0 Å². The number of fused-ring (bicyclic) bond motifs is 1. The van der Waals surface area contributed by atoms with E-state index in [0.717, 1.165) is 0 Å². The fraction of sp³-hybridized carbons (Fsp3) is 0. The Labute approximate surface area is 84.8 Å². The van der Waals surface area contributed by atoms with E-state index in [1.165, 1.54) is 12.1 Å². The molecule has 0 aliphatic carbocycles. The SMILES string of the molecule is N#Cc1nc2c(C#N)ccc(C#N)c2[nH]1. The van der Waals surface area contributed by atoms with Crippen LogP contribution in [0.25, 0.3) is 11.0 Å². The van der Waals surface area contributed by atoms with Crippen LogP contribution in [0.15, 0.2) is 12.1 Å². The Morgan fingerprint density at radius 1 is 1.00 bits per heavy atom. The monoisotopic (exact) mass is 193 g/mol. The molecule has 0 atom stereocenters. The molecule has 5 heteroatoms. The lowest BCUT2D eigenvalue weighted by Gasteiger charge is -1.92. The third kappa shape index (κ3) is 1.18. The minimum absolute atomic E-state index is 0.101. The molecule has 15 heavy (non-hydrogen) atoms. The molecule has 2 rings (SSSR count). The molecule has 2 aromatic rings. The quantitative estimate of drug-likeness (QED) is 0.678. The molecule has 0 saturated heterocycles. The predicted octanol–water partition coefficient (Wildman–Crippen LogP) is 1.18. The van der Waals surface area contributed by atoms with Gasteiger partial charge in [0.25, 0.3) is 0 Å². The molecule has 0 aliphatic rings. The van der Waals surface area contributed by atoms with Crippen molar-refractivity contribution < 1.29 is 0 Å². The second-order valence-electron chi connectivity index (χ2n) is 2.81. The van der Waals surface area contributed by atoms with Crippen LogP contribution < -0.4 is 0 Å². The molecule has 1 aromatic carbocycles. The summed E-state index contributed by atoms with van der Waals surface area (Å²) in [6.45, 7) is 0. The molecule has 0 fully saturated rings. The van der Waals surface area contributed by atoms with Gasteiger partial charge in [-0.15, -0.1) is 0 Å². The number of aromatic nitrogens is 2. The highest BCUT2D eigenvalue weighted by molar-refractivity contribution is 5.86. The zero-order valence-corrected chi connectivity index (χ0v) is 7.44. The fourth-order valence-corrected chi connectivity index (χ4v) is 1.33. The number of nitrogens with zero attached hydrogens (tertiary/aromatic N) is 4. The summed E-state index contributed by atoms with van der Waals surface area (Å²) in [7, 11) is 0. The first kappa shape index (κ1) is 8.74. The zero-order valence-electron chi connectivity index (χ0n) is 7.44. The summed E-state index contributed by atoms with van der Waals surface area (Å²) in [6.07, 6.45) is 0. The van der Waals surface area contributed by atoms with E-state index in [0.29, 0.717) is 22.2 Å². The van der Waals surface area contributed by atoms with E-state index in [9.17, 15) is 0 Å². The summed E-state index contributed by atoms with van der Waals surface area (Å²) >= 11 is 0. The maximum Gasteiger partial charge on any atom is 0.211 e. The first-order valence-corrected chi connectivity index (χ1v) is 4.03. The minimum atomic E-state index is 0.101. The van der Waals surface area contributed by atoms with E-state index >= 15 is 0 Å². The number of benzene rings is 1. The predicted molar refractivity (Wildman–Crippen MR) is 50.2 cm³/mol. The number of nitrogens with one attached hydrogen (secondary N) is 1. The smallest absolute Gasteiger partial charge is 0.211 e. The molecule has 1 heterocycles. The van der Waals surface area contributed by atoms with E-state index in [2.05, 4.69) is 9.97 Å². The molecule has 0 spiro atoms. The van der Waals surface area contributed by atoms with E-state index in [1.54, 1.807) is 0 Å². The number of aromatic amines is 1. The molecule has 0 bridgehead atoms. The fourth-order valence-electron chi connectivity index (χ4n) is 1.33. The van der Waals surface area contributed by atoms with Gasteiger partial charge in [0.1, 0.15) is 23.7 Å². The molecule has 1 N–H and O–H groups in total. The van der Waals surface area contributed by atoms with Gasteiger partial charge >= 0.3 is 0 Å². The van der Waals surface area contributed by atoms with Gasteiger partial charge in [-0.2, -0.15) is 15.8 Å². The molecule has 5 nitrogen and oxygen atoms in total. The highest BCUT2D eigenvalue weighted by Crippen LogP contribution is 2.19. The number of rotatable bonds is 0. The van der Waals surface area contributed by atoms with Gasteiger partial charge in [-0.25, -0.2) is 4.98 Å². The number of nitriles is 3. The number of hydrogen-bond donors (Lipinski definition) is 1. The third-order valence-electron chi connectivity index (χ3n) is 1.99. The molecule has 0 saturated carbocycles. The normalized spacial score (nSPS) is 9.13. The highest BCUT2D eigenvalue weighted by Gasteiger charge is 2.10. The van der Waals surface area contributed by atoms with Gasteiger partial charge in [0.15, 0.2) is 0 Å². The van der Waals surface area contributed by atoms with Crippen molar-refractivity contribution in [2.75, 3.05) is 0 Å². The van der Waals surface area contributed by atoms with Crippen LogP contribution in [0.2, 0.25) is 0 Å². The molecule has 0 radical (unpaired) electrons. The van der Waals surface area contributed by atoms with E-state index in [1.807, 2.05) is 18.2 Å². The van der Waals surface area contributed by atoms with Crippen LogP contribution in [0, 0.1) is 34.0 Å². The molecule has 1 aromatic heterocycles. The summed E-state index contributed by atoms with van der Waals surface area (Å²) in [4.78, 5) is 6.61. The highest BCUT2D eigenvalue weighted by atomic mass is 14.9. The second kappa shape index (κ2) is 3.14. The molecular weight excluding hydrogens is 190 g/mol. The number of H-pyrrole nitrogens is 1. The molecule has 0 aliphatic heterocycles. The lowest BCUT2D eigenvalue weighted by atomic mass is 10.1. The van der Waals surface area contributed by atoms with Crippen molar-refractivity contribution in [3.05, 3.63) is 29.1 Å². The molecular formula is C10H3N5. The topological polar surface area (TPSA) is 100 Å². The Balaban J connectivity index is 2.94. The van der Waals surface area contributed by atoms with Crippen molar-refractivity contribution >= 4 is 11.0 Å². The Kier molecular flexibility index (Phi) is 1.83. The maximum atomic E-state index is 8.82. The van der Waals surface area contributed by atoms with Crippen LogP contribution in [-0.2, 0) is 0 Å². The summed E-state index contributed by atoms with van der Waals surface area (Å²) in [5, 5.41) is 26.3. The molecule has 0 amide bonds. The van der Waals surface area contributed by atoms with Gasteiger partial charge in [0.05, 0.1) is 16.6 Å². The standard InChI is InChI=1S/C10H3N5/c11-3-6-1-2-7(4-12)10-9(6)14-8(5-13)15-10/h1-2H,(H,14,15). The van der Waals surface area contributed by atoms with Crippen molar-refractivity contribution in [1.82, 2.24) is 9.97 Å². The van der Waals surface area contributed by atoms with Crippen LogP contribution in [0.1, 0.15) is 17.0 Å². The molecule has 68 valence electrons. The van der Waals surface area contributed by atoms with Gasteiger partial charge in [-0.1, -0.05) is 0 Å². The Hall–Kier alpha value is -2.84. The van der Waals surface area contributed by atoms with E-state index < -0.39 is 0 Å².